The highest BCUT2D eigenvalue weighted by atomic mass is 16.6. The van der Waals surface area contributed by atoms with E-state index in [9.17, 15) is 9.59 Å². The maximum absolute atomic E-state index is 12.8. The first-order chi connectivity index (χ1) is 16.0. The van der Waals surface area contributed by atoms with Crippen molar-refractivity contribution in [2.75, 3.05) is 11.9 Å². The van der Waals surface area contributed by atoms with Gasteiger partial charge in [0.2, 0.25) is 5.91 Å². The molecule has 2 amide bonds. The summed E-state index contributed by atoms with van der Waals surface area (Å²) in [6, 6.07) is 13.1. The Morgan fingerprint density at radius 3 is 2.64 bits per heavy atom. The number of pyridine rings is 1. The van der Waals surface area contributed by atoms with E-state index in [2.05, 4.69) is 15.3 Å². The number of rotatable bonds is 6. The molecule has 1 fully saturated rings. The topological polar surface area (TPSA) is 137 Å². The first-order valence-corrected chi connectivity index (χ1v) is 11.1. The van der Waals surface area contributed by atoms with Crippen molar-refractivity contribution in [2.45, 2.75) is 32.3 Å². The zero-order chi connectivity index (χ0) is 23.2. The molecule has 4 rings (SSSR count). The van der Waals surface area contributed by atoms with Gasteiger partial charge in [-0.25, -0.2) is 14.7 Å². The number of nitrogens with two attached hydrogens (primary N) is 1. The van der Waals surface area contributed by atoms with Crippen LogP contribution in [0.5, 0.6) is 0 Å². The normalized spacial score (nSPS) is 17.9. The lowest BCUT2D eigenvalue weighted by molar-refractivity contribution is -0.121. The number of guanidine groups is 1. The summed E-state index contributed by atoms with van der Waals surface area (Å²) in [5.74, 6) is -0.285. The molecule has 0 unspecified atom stereocenters. The summed E-state index contributed by atoms with van der Waals surface area (Å²) in [5, 5.41) is 11.7. The number of nitrogens with one attached hydrogen (secondary N) is 3. The van der Waals surface area contributed by atoms with Crippen molar-refractivity contribution in [3.63, 3.8) is 0 Å². The number of ether oxygens (including phenoxy) is 1. The number of hydrogen-bond donors (Lipinski definition) is 4. The number of aromatic amines is 1. The summed E-state index contributed by atoms with van der Waals surface area (Å²) in [6.45, 7) is 0.436. The zero-order valence-electron chi connectivity index (χ0n) is 18.3. The Morgan fingerprint density at radius 2 is 1.91 bits per heavy atom. The van der Waals surface area contributed by atoms with Crippen LogP contribution in [-0.4, -0.2) is 39.4 Å². The molecule has 172 valence electrons. The van der Waals surface area contributed by atoms with Crippen LogP contribution >= 0.6 is 0 Å². The van der Waals surface area contributed by atoms with Gasteiger partial charge >= 0.3 is 6.09 Å². The van der Waals surface area contributed by atoms with Crippen molar-refractivity contribution < 1.29 is 14.3 Å². The van der Waals surface area contributed by atoms with E-state index in [1.165, 1.54) is 4.90 Å². The second-order valence-corrected chi connectivity index (χ2v) is 8.34. The van der Waals surface area contributed by atoms with E-state index in [4.69, 9.17) is 15.9 Å². The van der Waals surface area contributed by atoms with Gasteiger partial charge in [-0.3, -0.25) is 10.2 Å². The van der Waals surface area contributed by atoms with Crippen LogP contribution in [-0.2, 0) is 16.1 Å². The van der Waals surface area contributed by atoms with Gasteiger partial charge in [-0.15, -0.1) is 0 Å². The average molecular weight is 449 g/mol. The molecular weight excluding hydrogens is 420 g/mol. The van der Waals surface area contributed by atoms with Crippen molar-refractivity contribution in [3.05, 3.63) is 60.4 Å². The number of amides is 2. The highest BCUT2D eigenvalue weighted by Gasteiger charge is 2.30. The van der Waals surface area contributed by atoms with Crippen LogP contribution in [0.3, 0.4) is 0 Å². The first-order valence-electron chi connectivity index (χ1n) is 11.1. The molecule has 0 radical (unpaired) electrons. The summed E-state index contributed by atoms with van der Waals surface area (Å²) in [4.78, 5) is 33.8. The monoisotopic (exact) mass is 448 g/mol. The maximum atomic E-state index is 12.8. The molecule has 1 aliphatic carbocycles. The van der Waals surface area contributed by atoms with Gasteiger partial charge in [0.25, 0.3) is 0 Å². The van der Waals surface area contributed by atoms with Crippen LogP contribution < -0.4 is 11.1 Å². The van der Waals surface area contributed by atoms with E-state index in [-0.39, 0.29) is 30.3 Å². The standard InChI is InChI=1S/C24H28N6O3/c25-23(26)30(24(32)33-15-17-4-2-1-3-5-17)14-16-6-8-18(9-7-16)22(31)29-20-11-13-28-21-19(20)10-12-27-21/h1-5,10-13,16,18H,6-9,14-15H2,(H3,25,26)(H2,27,28,29,31). The molecule has 33 heavy (non-hydrogen) atoms. The summed E-state index contributed by atoms with van der Waals surface area (Å²) in [6.07, 6.45) is 5.79. The lowest BCUT2D eigenvalue weighted by atomic mass is 9.81. The van der Waals surface area contributed by atoms with Crippen LogP contribution in [0.25, 0.3) is 11.0 Å². The summed E-state index contributed by atoms with van der Waals surface area (Å²) < 4.78 is 5.34. The number of H-pyrrole nitrogens is 1. The molecule has 9 heteroatoms. The van der Waals surface area contributed by atoms with Crippen LogP contribution in [0.15, 0.2) is 54.9 Å². The Kier molecular flexibility index (Phi) is 6.87. The minimum absolute atomic E-state index is 0.00663. The van der Waals surface area contributed by atoms with Crippen molar-refractivity contribution in [2.24, 2.45) is 17.6 Å². The quantitative estimate of drug-likeness (QED) is 0.335. The maximum Gasteiger partial charge on any atom is 0.416 e. The van der Waals surface area contributed by atoms with Crippen molar-refractivity contribution in [3.8, 4) is 0 Å². The lowest BCUT2D eigenvalue weighted by Gasteiger charge is -2.31. The SMILES string of the molecule is N=C(N)N(CC1CCC(C(=O)Nc2ccnc3[nH]ccc23)CC1)C(=O)OCc1ccccc1. The van der Waals surface area contributed by atoms with E-state index >= 15 is 0 Å². The molecule has 5 N–H and O–H groups in total. The summed E-state index contributed by atoms with van der Waals surface area (Å²) >= 11 is 0. The van der Waals surface area contributed by atoms with Crippen molar-refractivity contribution in [1.29, 1.82) is 5.41 Å². The molecular formula is C24H28N6O3. The molecule has 1 aliphatic rings. The van der Waals surface area contributed by atoms with Crippen molar-refractivity contribution in [1.82, 2.24) is 14.9 Å². The third-order valence-electron chi connectivity index (χ3n) is 6.09. The van der Waals surface area contributed by atoms with E-state index in [1.807, 2.05) is 36.4 Å². The molecule has 3 aromatic rings. The number of benzene rings is 1. The van der Waals surface area contributed by atoms with Gasteiger partial charge in [0.15, 0.2) is 5.96 Å². The van der Waals surface area contributed by atoms with Crippen LogP contribution in [0.1, 0.15) is 31.2 Å². The number of nitrogens with zero attached hydrogens (tertiary/aromatic N) is 2. The van der Waals surface area contributed by atoms with Crippen LogP contribution in [0.2, 0.25) is 0 Å². The van der Waals surface area contributed by atoms with Gasteiger partial charge in [0.05, 0.1) is 5.69 Å². The third kappa shape index (κ3) is 5.49. The molecule has 2 aromatic heterocycles. The van der Waals surface area contributed by atoms with Crippen LogP contribution in [0.4, 0.5) is 10.5 Å². The molecule has 0 atom stereocenters. The molecule has 1 aromatic carbocycles. The highest BCUT2D eigenvalue weighted by molar-refractivity contribution is 6.01. The summed E-state index contributed by atoms with van der Waals surface area (Å²) in [7, 11) is 0. The number of anilines is 1. The molecule has 0 bridgehead atoms. The third-order valence-corrected chi connectivity index (χ3v) is 6.09. The number of fused-ring (bicyclic) bond motifs is 1. The van der Waals surface area contributed by atoms with Crippen molar-refractivity contribution >= 4 is 34.7 Å². The second kappa shape index (κ2) is 10.2. The minimum Gasteiger partial charge on any atom is -0.444 e. The van der Waals surface area contributed by atoms with Gasteiger partial charge in [0, 0.05) is 30.2 Å². The largest absolute Gasteiger partial charge is 0.444 e. The van der Waals surface area contributed by atoms with Gasteiger partial charge in [0.1, 0.15) is 12.3 Å². The predicted molar refractivity (Wildman–Crippen MR) is 125 cm³/mol. The Balaban J connectivity index is 1.28. The van der Waals surface area contributed by atoms with Crippen LogP contribution in [0, 0.1) is 17.2 Å². The Labute approximate surface area is 191 Å². The van der Waals surface area contributed by atoms with Gasteiger partial charge in [-0.05, 0) is 49.3 Å². The number of hydrogen-bond acceptors (Lipinski definition) is 5. The average Bonchev–Trinajstić information content (AvgIpc) is 3.32. The van der Waals surface area contributed by atoms with E-state index in [0.717, 1.165) is 35.1 Å². The van der Waals surface area contributed by atoms with Gasteiger partial charge < -0.3 is 20.8 Å². The number of carbonyl (C=O) groups excluding carboxylic acids is 2. The van der Waals surface area contributed by atoms with E-state index in [0.29, 0.717) is 19.4 Å². The zero-order valence-corrected chi connectivity index (χ0v) is 18.3. The molecule has 0 spiro atoms. The number of aromatic nitrogens is 2. The molecule has 2 heterocycles. The molecule has 9 nitrogen and oxygen atoms in total. The highest BCUT2D eigenvalue weighted by Crippen LogP contribution is 2.31. The fraction of sp³-hybridized carbons (Fsp3) is 0.333. The van der Waals surface area contributed by atoms with E-state index < -0.39 is 6.09 Å². The lowest BCUT2D eigenvalue weighted by Crippen LogP contribution is -2.45. The molecule has 1 saturated carbocycles. The Bertz CT molecular complexity index is 1120. The molecule has 0 aliphatic heterocycles. The summed E-state index contributed by atoms with van der Waals surface area (Å²) in [5.41, 5.74) is 8.01. The Morgan fingerprint density at radius 1 is 1.15 bits per heavy atom. The van der Waals surface area contributed by atoms with Gasteiger partial charge in [-0.2, -0.15) is 0 Å². The predicted octanol–water partition coefficient (Wildman–Crippen LogP) is 3.84. The van der Waals surface area contributed by atoms with Gasteiger partial charge in [-0.1, -0.05) is 30.3 Å². The number of carbonyl (C=O) groups is 2. The smallest absolute Gasteiger partial charge is 0.416 e. The fourth-order valence-corrected chi connectivity index (χ4v) is 4.24. The van der Waals surface area contributed by atoms with E-state index in [1.54, 1.807) is 18.5 Å². The Hall–Kier alpha value is -3.88. The second-order valence-electron chi connectivity index (χ2n) is 8.34. The first kappa shape index (κ1) is 22.3. The minimum atomic E-state index is -0.626. The molecule has 0 saturated heterocycles. The fourth-order valence-electron chi connectivity index (χ4n) is 4.24.